The highest BCUT2D eigenvalue weighted by molar-refractivity contribution is 7.90. The SMILES string of the molecule is Cc1cccc(C)c1CS(=O)(=O)c1ccc2c(c1)/C(=C/c1[nH]c(C)c(C(=O)N3C[C@@H](C)N[C@@H](C)C3)c1C)C(=O)N2. The lowest BCUT2D eigenvalue weighted by molar-refractivity contribution is -0.110. The third-order valence-corrected chi connectivity index (χ3v) is 9.58. The third kappa shape index (κ3) is 5.11. The maximum atomic E-state index is 13.5. The highest BCUT2D eigenvalue weighted by Crippen LogP contribution is 2.36. The van der Waals surface area contributed by atoms with E-state index in [0.717, 1.165) is 27.9 Å². The van der Waals surface area contributed by atoms with Gasteiger partial charge in [-0.3, -0.25) is 9.59 Å². The standard InChI is InChI=1S/C31H36N4O4S/c1-17-8-7-9-18(2)26(17)16-40(38,39)23-10-11-27-24(12-23)25(30(36)34-27)13-28-21(5)29(22(6)33-28)31(37)35-14-19(3)32-20(4)15-35/h7-13,19-20,32-33H,14-16H2,1-6H3,(H,34,36)/b25-13-/t19-,20+. The van der Waals surface area contributed by atoms with Gasteiger partial charge in [0.25, 0.3) is 11.8 Å². The lowest BCUT2D eigenvalue weighted by Gasteiger charge is -2.36. The molecule has 3 aromatic rings. The number of benzene rings is 2. The molecule has 1 saturated heterocycles. The van der Waals surface area contributed by atoms with Crippen LogP contribution in [0.4, 0.5) is 5.69 Å². The van der Waals surface area contributed by atoms with Gasteiger partial charge < -0.3 is 20.5 Å². The Morgan fingerprint density at radius 3 is 2.33 bits per heavy atom. The molecule has 0 radical (unpaired) electrons. The minimum Gasteiger partial charge on any atom is -0.358 e. The fourth-order valence-corrected chi connectivity index (χ4v) is 7.46. The van der Waals surface area contributed by atoms with Gasteiger partial charge in [0.2, 0.25) is 0 Å². The van der Waals surface area contributed by atoms with Crippen molar-refractivity contribution in [2.24, 2.45) is 0 Å². The summed E-state index contributed by atoms with van der Waals surface area (Å²) in [6.45, 7) is 12.9. The number of carbonyl (C=O) groups excluding carboxylic acids is 2. The van der Waals surface area contributed by atoms with Gasteiger partial charge in [-0.15, -0.1) is 0 Å². The summed E-state index contributed by atoms with van der Waals surface area (Å²) in [7, 11) is -3.67. The van der Waals surface area contributed by atoms with Gasteiger partial charge in [-0.05, 0) is 88.1 Å². The molecule has 0 unspecified atom stereocenters. The number of fused-ring (bicyclic) bond motifs is 1. The second-order valence-electron chi connectivity index (χ2n) is 11.2. The van der Waals surface area contributed by atoms with E-state index in [1.807, 2.05) is 50.8 Å². The Morgan fingerprint density at radius 2 is 1.68 bits per heavy atom. The smallest absolute Gasteiger partial charge is 0.256 e. The molecule has 2 amide bonds. The van der Waals surface area contributed by atoms with Crippen LogP contribution < -0.4 is 10.6 Å². The minimum atomic E-state index is -3.67. The van der Waals surface area contributed by atoms with E-state index >= 15 is 0 Å². The number of aromatic nitrogens is 1. The maximum absolute atomic E-state index is 13.5. The van der Waals surface area contributed by atoms with E-state index in [1.54, 1.807) is 24.3 Å². The van der Waals surface area contributed by atoms with Crippen molar-refractivity contribution in [1.82, 2.24) is 15.2 Å². The number of nitrogens with one attached hydrogen (secondary N) is 3. The van der Waals surface area contributed by atoms with Crippen LogP contribution in [0.3, 0.4) is 0 Å². The Hall–Kier alpha value is -3.69. The number of hydrogen-bond acceptors (Lipinski definition) is 5. The number of anilines is 1. The molecule has 5 rings (SSSR count). The summed E-state index contributed by atoms with van der Waals surface area (Å²) in [4.78, 5) is 31.8. The number of nitrogens with zero attached hydrogens (tertiary/aromatic N) is 1. The Labute approximate surface area is 235 Å². The number of rotatable bonds is 5. The zero-order chi connectivity index (χ0) is 28.9. The van der Waals surface area contributed by atoms with Crippen molar-refractivity contribution < 1.29 is 18.0 Å². The predicted octanol–water partition coefficient (Wildman–Crippen LogP) is 4.54. The van der Waals surface area contributed by atoms with Gasteiger partial charge in [-0.1, -0.05) is 18.2 Å². The topological polar surface area (TPSA) is 111 Å². The summed E-state index contributed by atoms with van der Waals surface area (Å²) in [5.41, 5.74) is 6.83. The van der Waals surface area contributed by atoms with Crippen LogP contribution in [0.2, 0.25) is 0 Å². The van der Waals surface area contributed by atoms with Crippen LogP contribution in [-0.4, -0.2) is 55.3 Å². The largest absolute Gasteiger partial charge is 0.358 e. The molecule has 210 valence electrons. The maximum Gasteiger partial charge on any atom is 0.256 e. The highest BCUT2D eigenvalue weighted by Gasteiger charge is 2.31. The molecular formula is C31H36N4O4S. The molecule has 3 N–H and O–H groups in total. The molecule has 2 atom stereocenters. The first-order chi connectivity index (χ1) is 18.9. The lowest BCUT2D eigenvalue weighted by Crippen LogP contribution is -2.55. The second kappa shape index (κ2) is 10.4. The summed E-state index contributed by atoms with van der Waals surface area (Å²) in [5.74, 6) is -0.468. The van der Waals surface area contributed by atoms with E-state index in [-0.39, 0.29) is 34.5 Å². The highest BCUT2D eigenvalue weighted by atomic mass is 32.2. The van der Waals surface area contributed by atoms with Gasteiger partial charge in [0.1, 0.15) is 0 Å². The summed E-state index contributed by atoms with van der Waals surface area (Å²) in [6, 6.07) is 10.9. The van der Waals surface area contributed by atoms with E-state index < -0.39 is 9.84 Å². The number of carbonyl (C=O) groups is 2. The average Bonchev–Trinajstić information content (AvgIpc) is 3.34. The van der Waals surface area contributed by atoms with E-state index in [4.69, 9.17) is 0 Å². The first-order valence-electron chi connectivity index (χ1n) is 13.6. The first kappa shape index (κ1) is 27.9. The van der Waals surface area contributed by atoms with Crippen LogP contribution in [0.5, 0.6) is 0 Å². The van der Waals surface area contributed by atoms with Crippen LogP contribution in [0, 0.1) is 27.7 Å². The lowest BCUT2D eigenvalue weighted by atomic mass is 10.0. The van der Waals surface area contributed by atoms with Crippen molar-refractivity contribution in [2.75, 3.05) is 18.4 Å². The zero-order valence-electron chi connectivity index (χ0n) is 23.8. The van der Waals surface area contributed by atoms with Crippen LogP contribution in [0.1, 0.15) is 63.4 Å². The van der Waals surface area contributed by atoms with Crippen molar-refractivity contribution in [3.8, 4) is 0 Å². The van der Waals surface area contributed by atoms with E-state index in [2.05, 4.69) is 29.5 Å². The zero-order valence-corrected chi connectivity index (χ0v) is 24.6. The van der Waals surface area contributed by atoms with Crippen LogP contribution >= 0.6 is 0 Å². The van der Waals surface area contributed by atoms with Gasteiger partial charge in [-0.25, -0.2) is 8.42 Å². The van der Waals surface area contributed by atoms with E-state index in [1.165, 1.54) is 0 Å². The van der Waals surface area contributed by atoms with Crippen LogP contribution in [-0.2, 0) is 20.4 Å². The van der Waals surface area contributed by atoms with E-state index in [0.29, 0.717) is 41.2 Å². The Balaban J connectivity index is 1.49. The van der Waals surface area contributed by atoms with Crippen molar-refractivity contribution in [3.05, 3.63) is 81.2 Å². The van der Waals surface area contributed by atoms with E-state index in [9.17, 15) is 18.0 Å². The minimum absolute atomic E-state index is 0.0350. The van der Waals surface area contributed by atoms with Gasteiger partial charge in [0.15, 0.2) is 9.84 Å². The monoisotopic (exact) mass is 560 g/mol. The van der Waals surface area contributed by atoms with Crippen molar-refractivity contribution in [2.45, 2.75) is 64.3 Å². The van der Waals surface area contributed by atoms with Gasteiger partial charge in [-0.2, -0.15) is 0 Å². The number of aryl methyl sites for hydroxylation is 3. The molecule has 2 aliphatic heterocycles. The molecule has 0 bridgehead atoms. The molecule has 2 aromatic carbocycles. The number of H-pyrrole nitrogens is 1. The summed E-state index contributed by atoms with van der Waals surface area (Å²) in [5, 5.41) is 6.29. The van der Waals surface area contributed by atoms with Crippen molar-refractivity contribution >= 4 is 39.0 Å². The van der Waals surface area contributed by atoms with Gasteiger partial charge in [0, 0.05) is 47.8 Å². The van der Waals surface area contributed by atoms with Gasteiger partial charge in [0.05, 0.1) is 21.8 Å². The molecule has 0 aliphatic carbocycles. The first-order valence-corrected chi connectivity index (χ1v) is 15.2. The Kier molecular flexibility index (Phi) is 7.22. The fraction of sp³-hybridized carbons (Fsp3) is 0.355. The quantitative estimate of drug-likeness (QED) is 0.397. The number of aromatic amines is 1. The Morgan fingerprint density at radius 1 is 1.02 bits per heavy atom. The molecule has 1 fully saturated rings. The van der Waals surface area contributed by atoms with Crippen molar-refractivity contribution in [3.63, 3.8) is 0 Å². The molecular weight excluding hydrogens is 524 g/mol. The van der Waals surface area contributed by atoms with Crippen LogP contribution in [0.25, 0.3) is 11.6 Å². The molecule has 0 spiro atoms. The molecule has 8 nitrogen and oxygen atoms in total. The normalized spacial score (nSPS) is 20.1. The van der Waals surface area contributed by atoms with Crippen molar-refractivity contribution in [1.29, 1.82) is 0 Å². The average molecular weight is 561 g/mol. The fourth-order valence-electron chi connectivity index (χ4n) is 5.89. The predicted molar refractivity (Wildman–Crippen MR) is 158 cm³/mol. The molecule has 3 heterocycles. The number of sulfone groups is 1. The molecule has 9 heteroatoms. The van der Waals surface area contributed by atoms with Crippen LogP contribution in [0.15, 0.2) is 41.3 Å². The summed E-state index contributed by atoms with van der Waals surface area (Å²) >= 11 is 0. The molecule has 1 aromatic heterocycles. The molecule has 40 heavy (non-hydrogen) atoms. The molecule has 2 aliphatic rings. The summed E-state index contributed by atoms with van der Waals surface area (Å²) in [6.07, 6.45) is 1.71. The Bertz CT molecular complexity index is 1640. The van der Waals surface area contributed by atoms with Gasteiger partial charge >= 0.3 is 0 Å². The molecule has 0 saturated carbocycles. The summed E-state index contributed by atoms with van der Waals surface area (Å²) < 4.78 is 26.9. The second-order valence-corrected chi connectivity index (χ2v) is 13.2. The number of amides is 2. The third-order valence-electron chi connectivity index (χ3n) is 7.94. The number of hydrogen-bond donors (Lipinski definition) is 3. The number of piperazine rings is 1.